The monoisotopic (exact) mass is 494 g/mol. The molecule has 0 radical (unpaired) electrons. The van der Waals surface area contributed by atoms with Gasteiger partial charge in [0, 0.05) is 38.1 Å². The number of hydrogen-bond donors (Lipinski definition) is 0. The van der Waals surface area contributed by atoms with Gasteiger partial charge in [-0.1, -0.05) is 6.07 Å². The van der Waals surface area contributed by atoms with Gasteiger partial charge < -0.3 is 9.64 Å². The van der Waals surface area contributed by atoms with Crippen LogP contribution in [0.15, 0.2) is 30.6 Å². The first-order valence-corrected chi connectivity index (χ1v) is 12.8. The third-order valence-corrected chi connectivity index (χ3v) is 8.28. The topological polar surface area (TPSA) is 102 Å². The minimum Gasteiger partial charge on any atom is -0.445 e. The Balaban J connectivity index is 1.45. The first-order valence-electron chi connectivity index (χ1n) is 11.0. The summed E-state index contributed by atoms with van der Waals surface area (Å²) in [6, 6.07) is 4.70. The fourth-order valence-electron chi connectivity index (χ4n) is 4.73. The van der Waals surface area contributed by atoms with Crippen molar-refractivity contribution < 1.29 is 31.5 Å². The van der Waals surface area contributed by atoms with Crippen LogP contribution in [0, 0.1) is 0 Å². The number of aromatic nitrogens is 2. The van der Waals surface area contributed by atoms with E-state index in [4.69, 9.17) is 4.74 Å². The molecule has 2 aromatic rings. The van der Waals surface area contributed by atoms with Gasteiger partial charge in [0.1, 0.15) is 6.10 Å². The molecule has 182 valence electrons. The molecule has 1 unspecified atom stereocenters. The normalized spacial score (nSPS) is 23.6. The van der Waals surface area contributed by atoms with Gasteiger partial charge in [-0.05, 0) is 24.6 Å². The van der Waals surface area contributed by atoms with E-state index < -0.39 is 40.8 Å². The second-order valence-electron chi connectivity index (χ2n) is 9.26. The summed E-state index contributed by atoms with van der Waals surface area (Å²) in [5.41, 5.74) is 2.37. The molecule has 3 heterocycles. The SMILES string of the molecule is CC(=O)N1c2ccc(-c3cnn(C4CS(=O)(=O)C4)c3)cc2N(C(=O)OC2CC(F)(F)C2)CC1C. The van der Waals surface area contributed by atoms with Crippen LogP contribution < -0.4 is 9.80 Å². The van der Waals surface area contributed by atoms with E-state index in [0.29, 0.717) is 22.5 Å². The fraction of sp³-hybridized carbons (Fsp3) is 0.500. The highest BCUT2D eigenvalue weighted by molar-refractivity contribution is 7.92. The first kappa shape index (κ1) is 22.8. The number of anilines is 2. The van der Waals surface area contributed by atoms with Gasteiger partial charge in [-0.3, -0.25) is 14.4 Å². The van der Waals surface area contributed by atoms with Crippen molar-refractivity contribution in [3.05, 3.63) is 30.6 Å². The van der Waals surface area contributed by atoms with Crippen molar-refractivity contribution in [3.8, 4) is 11.1 Å². The number of rotatable bonds is 3. The summed E-state index contributed by atoms with van der Waals surface area (Å²) in [5.74, 6) is -2.91. The lowest BCUT2D eigenvalue weighted by Gasteiger charge is -2.42. The molecule has 0 bridgehead atoms. The van der Waals surface area contributed by atoms with E-state index in [2.05, 4.69) is 5.10 Å². The van der Waals surface area contributed by atoms with Crippen LogP contribution in [0.2, 0.25) is 0 Å². The summed E-state index contributed by atoms with van der Waals surface area (Å²) in [5, 5.41) is 4.28. The lowest BCUT2D eigenvalue weighted by Crippen LogP contribution is -2.53. The van der Waals surface area contributed by atoms with Crippen molar-refractivity contribution in [3.63, 3.8) is 0 Å². The molecule has 2 fully saturated rings. The van der Waals surface area contributed by atoms with Gasteiger partial charge >= 0.3 is 6.09 Å². The van der Waals surface area contributed by atoms with Crippen LogP contribution >= 0.6 is 0 Å². The van der Waals surface area contributed by atoms with Crippen LogP contribution in [-0.2, 0) is 19.4 Å². The lowest BCUT2D eigenvalue weighted by molar-refractivity contribution is -0.143. The zero-order valence-corrected chi connectivity index (χ0v) is 19.5. The maximum Gasteiger partial charge on any atom is 0.414 e. The van der Waals surface area contributed by atoms with Gasteiger partial charge in [-0.2, -0.15) is 5.10 Å². The maximum atomic E-state index is 13.2. The van der Waals surface area contributed by atoms with E-state index in [-0.39, 0.29) is 36.0 Å². The smallest absolute Gasteiger partial charge is 0.414 e. The van der Waals surface area contributed by atoms with Gasteiger partial charge in [0.05, 0.1) is 41.2 Å². The predicted molar refractivity (Wildman–Crippen MR) is 120 cm³/mol. The molecule has 1 saturated carbocycles. The molecule has 2 amide bonds. The number of carbonyl (C=O) groups excluding carboxylic acids is 2. The number of amides is 2. The summed E-state index contributed by atoms with van der Waals surface area (Å²) in [7, 11) is -3.00. The Kier molecular flexibility index (Phi) is 5.19. The molecule has 1 aromatic carbocycles. The van der Waals surface area contributed by atoms with Gasteiger partial charge in [-0.25, -0.2) is 22.0 Å². The fourth-order valence-corrected chi connectivity index (χ4v) is 6.11. The number of benzene rings is 1. The number of fused-ring (bicyclic) bond motifs is 1. The van der Waals surface area contributed by atoms with Crippen LogP contribution in [0.5, 0.6) is 0 Å². The Bertz CT molecular complexity index is 1260. The van der Waals surface area contributed by atoms with Crippen molar-refractivity contribution in [2.75, 3.05) is 27.9 Å². The van der Waals surface area contributed by atoms with E-state index >= 15 is 0 Å². The summed E-state index contributed by atoms with van der Waals surface area (Å²) in [6.07, 6.45) is 0.792. The van der Waals surface area contributed by atoms with Crippen LogP contribution in [0.4, 0.5) is 25.0 Å². The van der Waals surface area contributed by atoms with Crippen molar-refractivity contribution in [1.29, 1.82) is 0 Å². The zero-order valence-electron chi connectivity index (χ0n) is 18.6. The Morgan fingerprint density at radius 1 is 1.15 bits per heavy atom. The highest BCUT2D eigenvalue weighted by Crippen LogP contribution is 2.42. The molecular weight excluding hydrogens is 470 g/mol. The van der Waals surface area contributed by atoms with Crippen molar-refractivity contribution >= 4 is 33.2 Å². The quantitative estimate of drug-likeness (QED) is 0.650. The highest BCUT2D eigenvalue weighted by Gasteiger charge is 2.48. The summed E-state index contributed by atoms with van der Waals surface area (Å²) in [6.45, 7) is 3.39. The summed E-state index contributed by atoms with van der Waals surface area (Å²) < 4.78 is 56.3. The molecule has 1 aromatic heterocycles. The summed E-state index contributed by atoms with van der Waals surface area (Å²) >= 11 is 0. The standard InChI is InChI=1S/C22H24F2N4O5S/c1-13-9-26(21(30)33-18-6-22(23,24)7-18)20-5-15(3-4-19(20)28(13)14(2)29)16-8-25-27(10-16)17-11-34(31,32)12-17/h3-5,8,10,13,17-18H,6-7,9,11-12H2,1-2H3. The number of nitrogens with zero attached hydrogens (tertiary/aromatic N) is 4. The minimum absolute atomic E-state index is 0.0452. The number of alkyl halides is 2. The molecule has 0 N–H and O–H groups in total. The van der Waals surface area contributed by atoms with E-state index in [9.17, 15) is 26.8 Å². The molecular formula is C22H24F2N4O5S. The molecule has 34 heavy (non-hydrogen) atoms. The van der Waals surface area contributed by atoms with Gasteiger partial charge in [0.25, 0.3) is 5.92 Å². The Hall–Kier alpha value is -3.02. The highest BCUT2D eigenvalue weighted by atomic mass is 32.2. The van der Waals surface area contributed by atoms with Crippen LogP contribution in [0.3, 0.4) is 0 Å². The van der Waals surface area contributed by atoms with Crippen molar-refractivity contribution in [2.45, 2.75) is 50.8 Å². The Morgan fingerprint density at radius 3 is 2.47 bits per heavy atom. The Morgan fingerprint density at radius 2 is 1.85 bits per heavy atom. The molecule has 1 aliphatic carbocycles. The zero-order chi connectivity index (χ0) is 24.4. The molecule has 3 aliphatic rings. The third-order valence-electron chi connectivity index (χ3n) is 6.49. The average molecular weight is 495 g/mol. The molecule has 0 spiro atoms. The molecule has 2 aliphatic heterocycles. The van der Waals surface area contributed by atoms with Gasteiger partial charge in [-0.15, -0.1) is 0 Å². The van der Waals surface area contributed by atoms with E-state index in [1.54, 1.807) is 47.1 Å². The lowest BCUT2D eigenvalue weighted by atomic mass is 9.91. The molecule has 1 saturated heterocycles. The summed E-state index contributed by atoms with van der Waals surface area (Å²) in [4.78, 5) is 28.2. The Labute approximate surface area is 195 Å². The number of halogens is 2. The maximum absolute atomic E-state index is 13.2. The number of ether oxygens (including phenoxy) is 1. The number of carbonyl (C=O) groups is 2. The second kappa shape index (κ2) is 7.76. The number of hydrogen-bond acceptors (Lipinski definition) is 6. The largest absolute Gasteiger partial charge is 0.445 e. The van der Waals surface area contributed by atoms with E-state index in [0.717, 1.165) is 0 Å². The molecule has 5 rings (SSSR count). The van der Waals surface area contributed by atoms with Crippen LogP contribution in [0.1, 0.15) is 32.7 Å². The molecule has 1 atom stereocenters. The van der Waals surface area contributed by atoms with Crippen molar-refractivity contribution in [1.82, 2.24) is 9.78 Å². The predicted octanol–water partition coefficient (Wildman–Crippen LogP) is 3.02. The second-order valence-corrected chi connectivity index (χ2v) is 11.4. The van der Waals surface area contributed by atoms with Gasteiger partial charge in [0.15, 0.2) is 9.84 Å². The molecule has 12 heteroatoms. The van der Waals surface area contributed by atoms with Crippen molar-refractivity contribution in [2.24, 2.45) is 0 Å². The first-order chi connectivity index (χ1) is 15.9. The van der Waals surface area contributed by atoms with Crippen LogP contribution in [-0.4, -0.2) is 66.3 Å². The average Bonchev–Trinajstić information content (AvgIpc) is 3.19. The van der Waals surface area contributed by atoms with E-state index in [1.807, 2.05) is 0 Å². The minimum atomic E-state index is -3.00. The molecule has 9 nitrogen and oxygen atoms in total. The third kappa shape index (κ3) is 4.04. The van der Waals surface area contributed by atoms with Crippen LogP contribution in [0.25, 0.3) is 11.1 Å². The van der Waals surface area contributed by atoms with E-state index in [1.165, 1.54) is 11.8 Å². The van der Waals surface area contributed by atoms with Gasteiger partial charge in [0.2, 0.25) is 5.91 Å². The number of sulfone groups is 1.